The number of amides is 1. The molecule has 1 amide bonds. The summed E-state index contributed by atoms with van der Waals surface area (Å²) in [6.07, 6.45) is 0. The molecule has 2 aromatic rings. The molecule has 3 rings (SSSR count). The molecule has 2 atom stereocenters. The van der Waals surface area contributed by atoms with Crippen LogP contribution in [0, 0.1) is 0 Å². The van der Waals surface area contributed by atoms with E-state index in [1.54, 1.807) is 36.4 Å². The van der Waals surface area contributed by atoms with Crippen LogP contribution < -0.4 is 9.05 Å². The van der Waals surface area contributed by atoms with Crippen LogP contribution in [0.3, 0.4) is 0 Å². The molecule has 1 saturated heterocycles. The molecule has 0 radical (unpaired) electrons. The third-order valence-corrected chi connectivity index (χ3v) is 8.03. The molecule has 2 aromatic carbocycles. The molecule has 0 N–H and O–H groups in total. The smallest absolute Gasteiger partial charge is 0.447 e. The highest BCUT2D eigenvalue weighted by Gasteiger charge is 2.58. The summed E-state index contributed by atoms with van der Waals surface area (Å²) in [5.41, 5.74) is -1.91. The van der Waals surface area contributed by atoms with E-state index in [-0.39, 0.29) is 21.6 Å². The molecule has 9 nitrogen and oxygen atoms in total. The van der Waals surface area contributed by atoms with E-state index in [1.807, 2.05) is 0 Å². The van der Waals surface area contributed by atoms with Crippen molar-refractivity contribution < 1.29 is 37.5 Å². The number of esters is 2. The average molecular weight is 509 g/mol. The average Bonchev–Trinajstić information content (AvgIpc) is 3.15. The van der Waals surface area contributed by atoms with Crippen LogP contribution in [0.2, 0.25) is 0 Å². The van der Waals surface area contributed by atoms with Crippen LogP contribution >= 0.6 is 31.6 Å². The number of nitrogens with zero attached hydrogens (tertiary/aromatic N) is 1. The van der Waals surface area contributed by atoms with E-state index >= 15 is 0 Å². The molecule has 174 valence electrons. The van der Waals surface area contributed by atoms with Gasteiger partial charge in [-0.15, -0.1) is 0 Å². The maximum absolute atomic E-state index is 14.3. The number of ether oxygens (including phenoxy) is 2. The maximum Gasteiger partial charge on any atom is 0.447 e. The Bertz CT molecular complexity index is 1020. The topological polar surface area (TPSA) is 108 Å². The number of carbonyl (C=O) groups excluding carboxylic acids is 3. The summed E-state index contributed by atoms with van der Waals surface area (Å²) in [5, 5.41) is 0. The van der Waals surface area contributed by atoms with Gasteiger partial charge in [0.15, 0.2) is 6.04 Å². The first-order valence-corrected chi connectivity index (χ1v) is 12.5. The Labute approximate surface area is 199 Å². The van der Waals surface area contributed by atoms with E-state index in [0.717, 1.165) is 30.9 Å². The molecule has 1 fully saturated rings. The SMILES string of the molecule is COC(=O)[C@@H]([C@H](C(=O)OC)P(=O)(Oc1ccccc1)Oc1ccccc1)N1C(=O)CSC1=S. The van der Waals surface area contributed by atoms with Crippen LogP contribution in [0.15, 0.2) is 60.7 Å². The van der Waals surface area contributed by atoms with Crippen LogP contribution in [-0.4, -0.2) is 58.7 Å². The molecule has 1 aliphatic heterocycles. The highest BCUT2D eigenvalue weighted by atomic mass is 32.2. The number of hydrogen-bond donors (Lipinski definition) is 0. The van der Waals surface area contributed by atoms with E-state index in [1.165, 1.54) is 24.3 Å². The molecule has 0 spiro atoms. The number of para-hydroxylation sites is 2. The van der Waals surface area contributed by atoms with Crippen molar-refractivity contribution in [1.29, 1.82) is 0 Å². The lowest BCUT2D eigenvalue weighted by Crippen LogP contribution is -2.55. The zero-order valence-electron chi connectivity index (χ0n) is 17.6. The van der Waals surface area contributed by atoms with Gasteiger partial charge >= 0.3 is 19.5 Å². The van der Waals surface area contributed by atoms with Crippen LogP contribution in [-0.2, 0) is 28.4 Å². The number of benzene rings is 2. The van der Waals surface area contributed by atoms with Crippen LogP contribution in [0.25, 0.3) is 0 Å². The quantitative estimate of drug-likeness (QED) is 0.284. The number of thiocarbonyl (C=S) groups is 1. The van der Waals surface area contributed by atoms with Gasteiger partial charge in [-0.3, -0.25) is 14.5 Å². The third-order valence-electron chi connectivity index (χ3n) is 4.54. The zero-order valence-corrected chi connectivity index (χ0v) is 20.1. The summed E-state index contributed by atoms with van der Waals surface area (Å²) in [7, 11) is -2.49. The van der Waals surface area contributed by atoms with Gasteiger partial charge in [0.1, 0.15) is 15.8 Å². The van der Waals surface area contributed by atoms with Gasteiger partial charge in [-0.2, -0.15) is 0 Å². The van der Waals surface area contributed by atoms with Gasteiger partial charge < -0.3 is 18.5 Å². The molecular weight excluding hydrogens is 489 g/mol. The van der Waals surface area contributed by atoms with Crippen molar-refractivity contribution in [2.45, 2.75) is 11.7 Å². The number of rotatable bonds is 9. The lowest BCUT2D eigenvalue weighted by atomic mass is 10.1. The number of thioether (sulfide) groups is 1. The Morgan fingerprint density at radius 1 is 0.939 bits per heavy atom. The van der Waals surface area contributed by atoms with E-state index in [0.29, 0.717) is 0 Å². The molecule has 1 aliphatic rings. The molecule has 0 aromatic heterocycles. The van der Waals surface area contributed by atoms with Gasteiger partial charge in [0, 0.05) is 0 Å². The molecular formula is C21H20NO8PS2. The minimum atomic E-state index is -4.61. The second-order valence-electron chi connectivity index (χ2n) is 6.60. The predicted octanol–water partition coefficient (Wildman–Crippen LogP) is 3.28. The molecule has 0 bridgehead atoms. The van der Waals surface area contributed by atoms with Crippen LogP contribution in [0.4, 0.5) is 0 Å². The standard InChI is InChI=1S/C21H20NO8PS2/c1-27-19(24)17(22-16(23)13-33-21(22)32)18(20(25)28-2)31(26,29-14-9-5-3-6-10-14)30-15-11-7-4-8-12-15/h3-12,17-18H,13H2,1-2H3/t17-,18-/m1/s1. The van der Waals surface area contributed by atoms with Gasteiger partial charge in [0.05, 0.1) is 20.0 Å². The summed E-state index contributed by atoms with van der Waals surface area (Å²) in [5.74, 6) is -2.52. The Hall–Kier alpha value is -2.88. The van der Waals surface area contributed by atoms with Crippen molar-refractivity contribution in [3.8, 4) is 11.5 Å². The predicted molar refractivity (Wildman–Crippen MR) is 125 cm³/mol. The Kier molecular flexibility index (Phi) is 8.12. The number of carbonyl (C=O) groups is 3. The fourth-order valence-corrected chi connectivity index (χ4v) is 6.26. The Morgan fingerprint density at radius 3 is 1.82 bits per heavy atom. The second-order valence-corrected chi connectivity index (χ2v) is 10.2. The third kappa shape index (κ3) is 5.55. The van der Waals surface area contributed by atoms with E-state index in [9.17, 15) is 18.9 Å². The molecule has 33 heavy (non-hydrogen) atoms. The highest BCUT2D eigenvalue weighted by Crippen LogP contribution is 2.55. The van der Waals surface area contributed by atoms with E-state index in [2.05, 4.69) is 0 Å². The number of hydrogen-bond acceptors (Lipinski definition) is 10. The first-order valence-electron chi connectivity index (χ1n) is 9.54. The maximum atomic E-state index is 14.3. The fourth-order valence-electron chi connectivity index (χ4n) is 3.07. The largest absolute Gasteiger partial charge is 0.468 e. The monoisotopic (exact) mass is 509 g/mol. The number of methoxy groups -OCH3 is 2. The van der Waals surface area contributed by atoms with Gasteiger partial charge in [-0.1, -0.05) is 60.4 Å². The van der Waals surface area contributed by atoms with Crippen LogP contribution in [0.5, 0.6) is 11.5 Å². The zero-order chi connectivity index (χ0) is 24.0. The van der Waals surface area contributed by atoms with Crippen molar-refractivity contribution >= 4 is 53.7 Å². The van der Waals surface area contributed by atoms with Crippen molar-refractivity contribution in [1.82, 2.24) is 4.90 Å². The van der Waals surface area contributed by atoms with Crippen molar-refractivity contribution in [2.75, 3.05) is 20.0 Å². The molecule has 0 aliphatic carbocycles. The lowest BCUT2D eigenvalue weighted by molar-refractivity contribution is -0.153. The van der Waals surface area contributed by atoms with Gasteiger partial charge in [-0.05, 0) is 24.3 Å². The minimum Gasteiger partial charge on any atom is -0.468 e. The van der Waals surface area contributed by atoms with E-state index < -0.39 is 37.1 Å². The lowest BCUT2D eigenvalue weighted by Gasteiger charge is -2.33. The van der Waals surface area contributed by atoms with Gasteiger partial charge in [0.2, 0.25) is 11.6 Å². The molecule has 0 saturated carbocycles. The molecule has 0 unspecified atom stereocenters. The van der Waals surface area contributed by atoms with Crippen molar-refractivity contribution in [2.24, 2.45) is 0 Å². The second kappa shape index (κ2) is 10.8. The van der Waals surface area contributed by atoms with Crippen LogP contribution in [0.1, 0.15) is 0 Å². The first kappa shape index (κ1) is 24.8. The Morgan fingerprint density at radius 2 is 1.42 bits per heavy atom. The summed E-state index contributed by atoms with van der Waals surface area (Å²) in [6.45, 7) is 0. The molecule has 12 heteroatoms. The Balaban J connectivity index is 2.18. The van der Waals surface area contributed by atoms with Gasteiger partial charge in [0.25, 0.3) is 0 Å². The first-order chi connectivity index (χ1) is 15.8. The summed E-state index contributed by atoms with van der Waals surface area (Å²) >= 11 is 6.22. The summed E-state index contributed by atoms with van der Waals surface area (Å²) in [6, 6.07) is 14.2. The van der Waals surface area contributed by atoms with E-state index in [4.69, 9.17) is 30.7 Å². The minimum absolute atomic E-state index is 0.0234. The summed E-state index contributed by atoms with van der Waals surface area (Å²) < 4.78 is 35.6. The fraction of sp³-hybridized carbons (Fsp3) is 0.238. The van der Waals surface area contributed by atoms with Crippen molar-refractivity contribution in [3.63, 3.8) is 0 Å². The highest BCUT2D eigenvalue weighted by molar-refractivity contribution is 8.24. The van der Waals surface area contributed by atoms with Gasteiger partial charge in [-0.25, -0.2) is 9.36 Å². The van der Waals surface area contributed by atoms with Crippen molar-refractivity contribution in [3.05, 3.63) is 60.7 Å². The summed E-state index contributed by atoms with van der Waals surface area (Å²) in [4.78, 5) is 39.4. The molecule has 1 heterocycles. The normalized spacial score (nSPS) is 15.5.